The number of likely N-dealkylation sites (tertiary alicyclic amines) is 1. The number of nitrogens with zero attached hydrogens (tertiary/aromatic N) is 2. The van der Waals surface area contributed by atoms with Crippen molar-refractivity contribution in [3.63, 3.8) is 0 Å². The zero-order valence-corrected chi connectivity index (χ0v) is 17.9. The Morgan fingerprint density at radius 2 is 1.91 bits per heavy atom. The molecule has 0 radical (unpaired) electrons. The number of rotatable bonds is 6. The predicted molar refractivity (Wildman–Crippen MR) is 117 cm³/mol. The molecule has 7 heteroatoms. The largest absolute Gasteiger partial charge is 0.440 e. The van der Waals surface area contributed by atoms with Crippen molar-refractivity contribution < 1.29 is 18.4 Å². The summed E-state index contributed by atoms with van der Waals surface area (Å²) in [7, 11) is 0. The van der Waals surface area contributed by atoms with Gasteiger partial charge < -0.3 is 14.6 Å². The first-order chi connectivity index (χ1) is 15.5. The van der Waals surface area contributed by atoms with Crippen LogP contribution in [-0.2, 0) is 11.3 Å². The van der Waals surface area contributed by atoms with Gasteiger partial charge in [-0.3, -0.25) is 9.59 Å². The van der Waals surface area contributed by atoms with Crippen LogP contribution in [-0.4, -0.2) is 34.8 Å². The molecule has 1 aliphatic carbocycles. The summed E-state index contributed by atoms with van der Waals surface area (Å²) in [6.45, 7) is 1.58. The number of hydrogen-bond acceptors (Lipinski definition) is 4. The molecule has 6 nitrogen and oxygen atoms in total. The fourth-order valence-corrected chi connectivity index (χ4v) is 4.29. The van der Waals surface area contributed by atoms with Crippen molar-refractivity contribution in [1.82, 2.24) is 15.2 Å². The molecular weight excluding hydrogens is 409 g/mol. The second-order valence-corrected chi connectivity index (χ2v) is 8.86. The van der Waals surface area contributed by atoms with Gasteiger partial charge in [0.15, 0.2) is 11.5 Å². The molecule has 2 aromatic carbocycles. The molecule has 1 N–H and O–H groups in total. The highest BCUT2D eigenvalue weighted by Gasteiger charge is 2.29. The monoisotopic (exact) mass is 435 g/mol. The lowest BCUT2D eigenvalue weighted by atomic mass is 9.92. The molecule has 0 atom stereocenters. The van der Waals surface area contributed by atoms with Gasteiger partial charge in [-0.1, -0.05) is 12.1 Å². The highest BCUT2D eigenvalue weighted by atomic mass is 19.1. The number of halogens is 1. The van der Waals surface area contributed by atoms with Crippen LogP contribution in [0.3, 0.4) is 0 Å². The molecular formula is C25H26FN3O3. The van der Waals surface area contributed by atoms with E-state index in [-0.39, 0.29) is 23.5 Å². The third-order valence-electron chi connectivity index (χ3n) is 6.33. The Kier molecular flexibility index (Phi) is 5.64. The Morgan fingerprint density at radius 1 is 1.09 bits per heavy atom. The average Bonchev–Trinajstić information content (AvgIpc) is 3.56. The Bertz CT molecular complexity index is 1150. The van der Waals surface area contributed by atoms with E-state index >= 15 is 0 Å². The summed E-state index contributed by atoms with van der Waals surface area (Å²) in [5.74, 6) is 1.11. The van der Waals surface area contributed by atoms with Crippen molar-refractivity contribution in [1.29, 1.82) is 0 Å². The number of hydrogen-bond donors (Lipinski definition) is 1. The summed E-state index contributed by atoms with van der Waals surface area (Å²) in [5, 5.41) is 2.86. The number of carbonyl (C=O) groups excluding carboxylic acids is 2. The van der Waals surface area contributed by atoms with E-state index in [0.717, 1.165) is 48.2 Å². The predicted octanol–water partition coefficient (Wildman–Crippen LogP) is 4.40. The number of carbonyl (C=O) groups is 2. The number of aromatic nitrogens is 1. The van der Waals surface area contributed by atoms with Gasteiger partial charge in [-0.15, -0.1) is 0 Å². The number of fused-ring (bicyclic) bond motifs is 1. The first-order valence-corrected chi connectivity index (χ1v) is 11.3. The highest BCUT2D eigenvalue weighted by molar-refractivity contribution is 5.97. The summed E-state index contributed by atoms with van der Waals surface area (Å²) in [5.41, 5.74) is 2.83. The van der Waals surface area contributed by atoms with Crippen LogP contribution < -0.4 is 5.32 Å². The minimum absolute atomic E-state index is 0.00289. The van der Waals surface area contributed by atoms with Crippen molar-refractivity contribution >= 4 is 22.9 Å². The molecule has 2 fully saturated rings. The standard InChI is InChI=1S/C25H26FN3O3/c26-20-3-1-2-17(12-20)15-27-23(30)13-16-8-10-29(11-9-16)25(31)19-6-7-22-21(14-19)28-24(32-22)18-4-5-18/h1-3,6-7,12,14,16,18H,4-5,8-11,13,15H2,(H,27,30). The lowest BCUT2D eigenvalue weighted by Crippen LogP contribution is -2.39. The van der Waals surface area contributed by atoms with E-state index in [2.05, 4.69) is 10.3 Å². The summed E-state index contributed by atoms with van der Waals surface area (Å²) in [6.07, 6.45) is 4.24. The lowest BCUT2D eigenvalue weighted by Gasteiger charge is -2.31. The quantitative estimate of drug-likeness (QED) is 0.623. The maximum absolute atomic E-state index is 13.2. The van der Waals surface area contributed by atoms with Gasteiger partial charge in [-0.05, 0) is 67.5 Å². The molecule has 32 heavy (non-hydrogen) atoms. The molecule has 1 aromatic heterocycles. The Hall–Kier alpha value is -3.22. The molecule has 1 aliphatic heterocycles. The third kappa shape index (κ3) is 4.66. The van der Waals surface area contributed by atoms with Crippen molar-refractivity contribution in [2.24, 2.45) is 5.92 Å². The van der Waals surface area contributed by atoms with Crippen LogP contribution in [0.15, 0.2) is 46.9 Å². The van der Waals surface area contributed by atoms with Crippen LogP contribution in [0.1, 0.15) is 59.8 Å². The Morgan fingerprint density at radius 3 is 2.66 bits per heavy atom. The first kappa shape index (κ1) is 20.7. The number of oxazole rings is 1. The fourth-order valence-electron chi connectivity index (χ4n) is 4.29. The van der Waals surface area contributed by atoms with Gasteiger partial charge in [0.2, 0.25) is 5.91 Å². The fraction of sp³-hybridized carbons (Fsp3) is 0.400. The van der Waals surface area contributed by atoms with Crippen LogP contribution >= 0.6 is 0 Å². The second kappa shape index (κ2) is 8.73. The van der Waals surface area contributed by atoms with Gasteiger partial charge >= 0.3 is 0 Å². The number of amides is 2. The summed E-state index contributed by atoms with van der Waals surface area (Å²) >= 11 is 0. The molecule has 3 aromatic rings. The summed E-state index contributed by atoms with van der Waals surface area (Å²) in [4.78, 5) is 31.7. The molecule has 1 saturated heterocycles. The number of nitrogens with one attached hydrogen (secondary N) is 1. The summed E-state index contributed by atoms with van der Waals surface area (Å²) in [6, 6.07) is 11.7. The zero-order chi connectivity index (χ0) is 22.1. The molecule has 166 valence electrons. The highest BCUT2D eigenvalue weighted by Crippen LogP contribution is 2.40. The van der Waals surface area contributed by atoms with Crippen molar-refractivity contribution in [3.05, 3.63) is 65.3 Å². The lowest BCUT2D eigenvalue weighted by molar-refractivity contribution is -0.122. The smallest absolute Gasteiger partial charge is 0.253 e. The molecule has 2 heterocycles. The molecule has 0 spiro atoms. The molecule has 0 bridgehead atoms. The van der Waals surface area contributed by atoms with Crippen LogP contribution in [0.4, 0.5) is 4.39 Å². The van der Waals surface area contributed by atoms with Gasteiger partial charge in [-0.25, -0.2) is 9.37 Å². The van der Waals surface area contributed by atoms with E-state index in [1.54, 1.807) is 18.2 Å². The van der Waals surface area contributed by atoms with Crippen LogP contribution in [0.5, 0.6) is 0 Å². The van der Waals surface area contributed by atoms with Gasteiger partial charge in [0, 0.05) is 37.5 Å². The first-order valence-electron chi connectivity index (χ1n) is 11.3. The van der Waals surface area contributed by atoms with Crippen molar-refractivity contribution in [3.8, 4) is 0 Å². The zero-order valence-electron chi connectivity index (χ0n) is 17.9. The minimum Gasteiger partial charge on any atom is -0.440 e. The number of piperidine rings is 1. The third-order valence-corrected chi connectivity index (χ3v) is 6.33. The SMILES string of the molecule is O=C(CC1CCN(C(=O)c2ccc3oc(C4CC4)nc3c2)CC1)NCc1cccc(F)c1. The maximum atomic E-state index is 13.2. The molecule has 0 unspecified atom stereocenters. The summed E-state index contributed by atoms with van der Waals surface area (Å²) < 4.78 is 19.0. The second-order valence-electron chi connectivity index (χ2n) is 8.86. The maximum Gasteiger partial charge on any atom is 0.253 e. The Labute approximate surface area is 185 Å². The van der Waals surface area contributed by atoms with Gasteiger partial charge in [0.1, 0.15) is 11.3 Å². The molecule has 5 rings (SSSR count). The molecule has 2 amide bonds. The van der Waals surface area contributed by atoms with E-state index in [1.807, 2.05) is 17.0 Å². The molecule has 1 saturated carbocycles. The topological polar surface area (TPSA) is 75.4 Å². The van der Waals surface area contributed by atoms with Crippen LogP contribution in [0, 0.1) is 11.7 Å². The Balaban J connectivity index is 1.12. The van der Waals surface area contributed by atoms with Crippen molar-refractivity contribution in [2.45, 2.75) is 44.6 Å². The van der Waals surface area contributed by atoms with E-state index in [1.165, 1.54) is 12.1 Å². The normalized spacial score (nSPS) is 17.0. The van der Waals surface area contributed by atoms with E-state index < -0.39 is 0 Å². The minimum atomic E-state index is -0.306. The molecule has 2 aliphatic rings. The van der Waals surface area contributed by atoms with Gasteiger partial charge in [0.05, 0.1) is 0 Å². The van der Waals surface area contributed by atoms with Crippen LogP contribution in [0.25, 0.3) is 11.1 Å². The number of benzene rings is 2. The van der Waals surface area contributed by atoms with E-state index in [0.29, 0.717) is 37.5 Å². The average molecular weight is 435 g/mol. The van der Waals surface area contributed by atoms with E-state index in [4.69, 9.17) is 4.42 Å². The van der Waals surface area contributed by atoms with Crippen LogP contribution in [0.2, 0.25) is 0 Å². The van der Waals surface area contributed by atoms with Gasteiger partial charge in [-0.2, -0.15) is 0 Å². The van der Waals surface area contributed by atoms with Gasteiger partial charge in [0.25, 0.3) is 5.91 Å². The van der Waals surface area contributed by atoms with Crippen molar-refractivity contribution in [2.75, 3.05) is 13.1 Å². The van der Waals surface area contributed by atoms with E-state index in [9.17, 15) is 14.0 Å².